The molecule has 14 heteroatoms. The number of amides is 3. The van der Waals surface area contributed by atoms with Gasteiger partial charge in [0, 0.05) is 75.8 Å². The van der Waals surface area contributed by atoms with Crippen LogP contribution in [0.15, 0.2) is 54.7 Å². The lowest BCUT2D eigenvalue weighted by Crippen LogP contribution is -2.45. The van der Waals surface area contributed by atoms with Crippen LogP contribution in [-0.4, -0.2) is 131 Å². The Balaban J connectivity index is 1.02. The molecule has 0 aliphatic carbocycles. The highest BCUT2D eigenvalue weighted by atomic mass is 16.5. The number of hydrogen-bond donors (Lipinski definition) is 3. The lowest BCUT2D eigenvalue weighted by atomic mass is 10.1. The number of piperidine rings is 1. The van der Waals surface area contributed by atoms with E-state index in [4.69, 9.17) is 19.8 Å². The fourth-order valence-electron chi connectivity index (χ4n) is 6.73. The minimum atomic E-state index is -0.889. The number of rotatable bonds is 8. The molecule has 3 aliphatic heterocycles. The van der Waals surface area contributed by atoms with Gasteiger partial charge in [-0.2, -0.15) is 5.10 Å². The summed E-state index contributed by atoms with van der Waals surface area (Å²) in [7, 11) is 2.17. The number of piperazine rings is 1. The lowest BCUT2D eigenvalue weighted by molar-refractivity contribution is 0.122. The second-order valence-electron chi connectivity index (χ2n) is 13.0. The average molecular weight is 669 g/mol. The van der Waals surface area contributed by atoms with Gasteiger partial charge in [0.05, 0.1) is 30.8 Å². The van der Waals surface area contributed by atoms with Gasteiger partial charge in [-0.25, -0.2) is 24.2 Å². The summed E-state index contributed by atoms with van der Waals surface area (Å²) in [6, 6.07) is 15.3. The highest BCUT2D eigenvalue weighted by molar-refractivity contribution is 6.00. The summed E-state index contributed by atoms with van der Waals surface area (Å²) in [6.07, 6.45) is 3.25. The standard InChI is InChI=1S/C35H44N10O4/c1-41-16-18-42(19-17-41)13-10-25-2-6-27(7-3-25)37-34(46)38-28-8-4-26(5-9-28)31-39-32(43-20-22-49-23-21-43)30-24-36-45(33(30)40-31)29-11-14-44(15-12-29)35(47)48/h2-9,24,29H,10-23H2,1H3,(H,47,48)(H2,37,38,46). The summed E-state index contributed by atoms with van der Waals surface area (Å²) in [6.45, 7) is 9.07. The molecule has 2 aromatic heterocycles. The molecule has 49 heavy (non-hydrogen) atoms. The molecule has 258 valence electrons. The Labute approximate surface area is 285 Å². The summed E-state index contributed by atoms with van der Waals surface area (Å²) in [5.41, 5.74) is 4.18. The normalized spacial score (nSPS) is 18.1. The van der Waals surface area contributed by atoms with E-state index in [1.54, 1.807) is 0 Å². The summed E-state index contributed by atoms with van der Waals surface area (Å²) in [5, 5.41) is 20.9. The minimum absolute atomic E-state index is 0.0387. The van der Waals surface area contributed by atoms with E-state index in [2.05, 4.69) is 44.5 Å². The third-order valence-corrected chi connectivity index (χ3v) is 9.75. The number of fused-ring (bicyclic) bond motifs is 1. The number of aromatic nitrogens is 4. The molecule has 0 atom stereocenters. The van der Waals surface area contributed by atoms with Crippen molar-refractivity contribution < 1.29 is 19.4 Å². The first-order valence-corrected chi connectivity index (χ1v) is 17.1. The molecule has 3 aliphatic rings. The zero-order valence-corrected chi connectivity index (χ0v) is 27.9. The molecule has 0 radical (unpaired) electrons. The number of nitrogens with zero attached hydrogens (tertiary/aromatic N) is 8. The molecule has 3 fully saturated rings. The number of carbonyl (C=O) groups excluding carboxylic acids is 1. The Morgan fingerprint density at radius 3 is 2.16 bits per heavy atom. The van der Waals surface area contributed by atoms with Crippen LogP contribution in [0.25, 0.3) is 22.4 Å². The van der Waals surface area contributed by atoms with E-state index in [1.165, 1.54) is 10.5 Å². The van der Waals surface area contributed by atoms with Crippen molar-refractivity contribution in [2.45, 2.75) is 25.3 Å². The third-order valence-electron chi connectivity index (χ3n) is 9.75. The van der Waals surface area contributed by atoms with E-state index in [-0.39, 0.29) is 12.1 Å². The topological polar surface area (TPSA) is 144 Å². The van der Waals surface area contributed by atoms with Gasteiger partial charge >= 0.3 is 12.1 Å². The third kappa shape index (κ3) is 7.77. The number of benzene rings is 2. The molecule has 3 saturated heterocycles. The number of urea groups is 1. The Morgan fingerprint density at radius 2 is 1.51 bits per heavy atom. The van der Waals surface area contributed by atoms with Crippen molar-refractivity contribution in [3.8, 4) is 11.4 Å². The first kappa shape index (κ1) is 32.7. The summed E-state index contributed by atoms with van der Waals surface area (Å²) < 4.78 is 7.53. The zero-order chi connectivity index (χ0) is 33.7. The quantitative estimate of drug-likeness (QED) is 0.251. The Kier molecular flexibility index (Phi) is 9.87. The molecular weight excluding hydrogens is 624 g/mol. The van der Waals surface area contributed by atoms with Crippen molar-refractivity contribution >= 4 is 40.4 Å². The largest absolute Gasteiger partial charge is 0.465 e. The molecular formula is C35H44N10O4. The van der Waals surface area contributed by atoms with Crippen molar-refractivity contribution in [2.75, 3.05) is 94.7 Å². The maximum absolute atomic E-state index is 12.8. The number of ether oxygens (including phenoxy) is 1. The second kappa shape index (κ2) is 14.8. The predicted molar refractivity (Wildman–Crippen MR) is 188 cm³/mol. The number of morpholine rings is 1. The van der Waals surface area contributed by atoms with Crippen LogP contribution in [-0.2, 0) is 11.2 Å². The first-order chi connectivity index (χ1) is 23.9. The fourth-order valence-corrected chi connectivity index (χ4v) is 6.73. The predicted octanol–water partition coefficient (Wildman–Crippen LogP) is 4.08. The van der Waals surface area contributed by atoms with Gasteiger partial charge in [-0.1, -0.05) is 12.1 Å². The molecule has 0 unspecified atom stereocenters. The summed E-state index contributed by atoms with van der Waals surface area (Å²) >= 11 is 0. The Bertz CT molecular complexity index is 1740. The van der Waals surface area contributed by atoms with Crippen molar-refractivity contribution in [1.82, 2.24) is 34.4 Å². The molecule has 3 N–H and O–H groups in total. The fraction of sp³-hybridized carbons (Fsp3) is 0.457. The summed E-state index contributed by atoms with van der Waals surface area (Å²) in [5.74, 6) is 1.37. The molecule has 14 nitrogen and oxygen atoms in total. The number of anilines is 3. The smallest absolute Gasteiger partial charge is 0.407 e. The molecule has 4 aromatic rings. The molecule has 0 bridgehead atoms. The van der Waals surface area contributed by atoms with Gasteiger partial charge in [0.25, 0.3) is 0 Å². The molecule has 5 heterocycles. The molecule has 0 spiro atoms. The maximum atomic E-state index is 12.8. The van der Waals surface area contributed by atoms with Crippen LogP contribution in [0.1, 0.15) is 24.4 Å². The van der Waals surface area contributed by atoms with E-state index in [0.29, 0.717) is 63.7 Å². The van der Waals surface area contributed by atoms with Crippen molar-refractivity contribution in [3.05, 3.63) is 60.3 Å². The molecule has 0 saturated carbocycles. The van der Waals surface area contributed by atoms with Crippen LogP contribution in [0, 0.1) is 0 Å². The number of likely N-dealkylation sites (N-methyl/N-ethyl adjacent to an activating group) is 1. The SMILES string of the molecule is CN1CCN(CCc2ccc(NC(=O)Nc3ccc(-c4nc(N5CCOCC5)c5cnn(C6CCN(C(=O)O)CC6)c5n4)cc3)cc2)CC1. The van der Waals surface area contributed by atoms with E-state index in [9.17, 15) is 14.7 Å². The van der Waals surface area contributed by atoms with Crippen LogP contribution in [0.2, 0.25) is 0 Å². The Hall–Kier alpha value is -4.79. The van der Waals surface area contributed by atoms with Gasteiger partial charge in [-0.05, 0) is 68.3 Å². The van der Waals surface area contributed by atoms with Crippen molar-refractivity contribution in [2.24, 2.45) is 0 Å². The number of likely N-dealkylation sites (tertiary alicyclic amines) is 1. The van der Waals surface area contributed by atoms with Gasteiger partial charge < -0.3 is 40.1 Å². The van der Waals surface area contributed by atoms with Gasteiger partial charge in [0.1, 0.15) is 5.82 Å². The highest BCUT2D eigenvalue weighted by Gasteiger charge is 2.27. The van der Waals surface area contributed by atoms with E-state index < -0.39 is 6.09 Å². The average Bonchev–Trinajstić information content (AvgIpc) is 3.56. The van der Waals surface area contributed by atoms with E-state index in [0.717, 1.165) is 67.2 Å². The van der Waals surface area contributed by atoms with Crippen LogP contribution in [0.5, 0.6) is 0 Å². The zero-order valence-electron chi connectivity index (χ0n) is 27.9. The number of hydrogen-bond acceptors (Lipinski definition) is 9. The van der Waals surface area contributed by atoms with E-state index >= 15 is 0 Å². The number of nitrogens with one attached hydrogen (secondary N) is 2. The lowest BCUT2D eigenvalue weighted by Gasteiger charge is -2.32. The monoisotopic (exact) mass is 668 g/mol. The second-order valence-corrected chi connectivity index (χ2v) is 13.0. The Morgan fingerprint density at radius 1 is 0.857 bits per heavy atom. The van der Waals surface area contributed by atoms with Crippen LogP contribution in [0.4, 0.5) is 26.8 Å². The molecule has 3 amide bonds. The van der Waals surface area contributed by atoms with Crippen molar-refractivity contribution in [3.63, 3.8) is 0 Å². The van der Waals surface area contributed by atoms with Gasteiger partial charge in [-0.15, -0.1) is 0 Å². The van der Waals surface area contributed by atoms with Gasteiger partial charge in [-0.3, -0.25) is 0 Å². The van der Waals surface area contributed by atoms with Crippen LogP contribution in [0.3, 0.4) is 0 Å². The molecule has 7 rings (SSSR count). The minimum Gasteiger partial charge on any atom is -0.465 e. The van der Waals surface area contributed by atoms with Crippen molar-refractivity contribution in [1.29, 1.82) is 0 Å². The number of carbonyl (C=O) groups is 2. The number of carboxylic acid groups (broad SMARTS) is 1. The highest BCUT2D eigenvalue weighted by Crippen LogP contribution is 2.32. The van der Waals surface area contributed by atoms with Gasteiger partial charge in [0.15, 0.2) is 11.5 Å². The van der Waals surface area contributed by atoms with Crippen LogP contribution >= 0.6 is 0 Å². The molecule has 2 aromatic carbocycles. The summed E-state index contributed by atoms with van der Waals surface area (Å²) in [4.78, 5) is 42.8. The van der Waals surface area contributed by atoms with Crippen LogP contribution < -0.4 is 15.5 Å². The van der Waals surface area contributed by atoms with E-state index in [1.807, 2.05) is 47.3 Å². The van der Waals surface area contributed by atoms with Gasteiger partial charge in [0.2, 0.25) is 0 Å². The first-order valence-electron chi connectivity index (χ1n) is 17.1. The maximum Gasteiger partial charge on any atom is 0.407 e.